The number of piperidine rings is 1. The number of nitriles is 1. The highest BCUT2D eigenvalue weighted by Gasteiger charge is 2.28. The van der Waals surface area contributed by atoms with Gasteiger partial charge in [-0.25, -0.2) is 4.39 Å². The molecule has 2 aromatic heterocycles. The second-order valence-corrected chi connectivity index (χ2v) is 12.0. The van der Waals surface area contributed by atoms with Crippen molar-refractivity contribution in [1.29, 1.82) is 5.26 Å². The monoisotopic (exact) mass is 545 g/mol. The van der Waals surface area contributed by atoms with E-state index < -0.39 is 11.4 Å². The fourth-order valence-corrected chi connectivity index (χ4v) is 6.11. The van der Waals surface area contributed by atoms with Gasteiger partial charge in [-0.15, -0.1) is 11.3 Å². The number of aliphatic hydroxyl groups is 1. The maximum Gasteiger partial charge on any atom is 0.264 e. The van der Waals surface area contributed by atoms with Crippen LogP contribution in [0.5, 0.6) is 0 Å². The van der Waals surface area contributed by atoms with Crippen LogP contribution in [0.1, 0.15) is 41.9 Å². The third-order valence-corrected chi connectivity index (χ3v) is 8.70. The fourth-order valence-electron chi connectivity index (χ4n) is 4.96. The van der Waals surface area contributed by atoms with Gasteiger partial charge >= 0.3 is 0 Å². The lowest BCUT2D eigenvalue weighted by molar-refractivity contribution is 0.0640. The van der Waals surface area contributed by atoms with Crippen molar-refractivity contribution in [3.05, 3.63) is 64.9 Å². The number of hydrogen-bond donors (Lipinski definition) is 1. The summed E-state index contributed by atoms with van der Waals surface area (Å²) in [7, 11) is 4.08. The topological polar surface area (TPSA) is 85.4 Å². The highest BCUT2D eigenvalue weighted by atomic mass is 32.1. The molecule has 5 rings (SSSR count). The number of carbonyl (C=O) groups is 1. The van der Waals surface area contributed by atoms with Crippen LogP contribution < -0.4 is 0 Å². The Balaban J connectivity index is 1.60. The van der Waals surface area contributed by atoms with E-state index in [2.05, 4.69) is 10.00 Å². The molecule has 1 unspecified atom stereocenters. The van der Waals surface area contributed by atoms with Crippen molar-refractivity contribution in [3.63, 3.8) is 0 Å². The second-order valence-electron chi connectivity index (χ2n) is 11.0. The van der Waals surface area contributed by atoms with Crippen LogP contribution in [-0.4, -0.2) is 70.4 Å². The molecule has 1 amide bonds. The van der Waals surface area contributed by atoms with E-state index in [0.29, 0.717) is 29.6 Å². The molecule has 1 N–H and O–H groups in total. The van der Waals surface area contributed by atoms with Gasteiger partial charge in [0.05, 0.1) is 28.1 Å². The van der Waals surface area contributed by atoms with Crippen molar-refractivity contribution >= 4 is 28.1 Å². The minimum atomic E-state index is -0.590. The molecule has 0 aliphatic carbocycles. The van der Waals surface area contributed by atoms with Crippen LogP contribution in [0.15, 0.2) is 48.7 Å². The number of carbonyl (C=O) groups excluding carboxylic acids is 1. The summed E-state index contributed by atoms with van der Waals surface area (Å²) in [6.45, 7) is 5.16. The maximum absolute atomic E-state index is 14.7. The van der Waals surface area contributed by atoms with Gasteiger partial charge in [-0.3, -0.25) is 9.48 Å². The van der Waals surface area contributed by atoms with E-state index in [4.69, 9.17) is 0 Å². The third kappa shape index (κ3) is 5.20. The lowest BCUT2D eigenvalue weighted by atomic mass is 10.00. The zero-order chi connectivity index (χ0) is 27.9. The van der Waals surface area contributed by atoms with Crippen LogP contribution in [0.25, 0.3) is 32.5 Å². The zero-order valence-electron chi connectivity index (χ0n) is 22.6. The maximum atomic E-state index is 14.7. The van der Waals surface area contributed by atoms with Crippen molar-refractivity contribution in [1.82, 2.24) is 19.6 Å². The number of thiophene rings is 1. The molecular weight excluding hydrogens is 513 g/mol. The Morgan fingerprint density at radius 2 is 2.00 bits per heavy atom. The summed E-state index contributed by atoms with van der Waals surface area (Å²) in [5.41, 5.74) is 2.47. The Kier molecular flexibility index (Phi) is 7.29. The first-order chi connectivity index (χ1) is 18.6. The molecule has 0 saturated carbocycles. The summed E-state index contributed by atoms with van der Waals surface area (Å²) < 4.78 is 16.4. The molecular formula is C30H32FN5O2S. The largest absolute Gasteiger partial charge is 0.394 e. The van der Waals surface area contributed by atoms with E-state index in [0.717, 1.165) is 39.7 Å². The van der Waals surface area contributed by atoms with Crippen LogP contribution in [0.2, 0.25) is 0 Å². The van der Waals surface area contributed by atoms with E-state index >= 15 is 0 Å². The molecule has 1 saturated heterocycles. The van der Waals surface area contributed by atoms with Gasteiger partial charge in [0.1, 0.15) is 11.9 Å². The first-order valence-electron chi connectivity index (χ1n) is 13.0. The summed E-state index contributed by atoms with van der Waals surface area (Å²) in [5, 5.41) is 24.5. The van der Waals surface area contributed by atoms with Gasteiger partial charge in [-0.1, -0.05) is 12.1 Å². The number of likely N-dealkylation sites (tertiary alicyclic amines) is 1. The number of likely N-dealkylation sites (N-methyl/N-ethyl adjacent to an activating group) is 1. The number of fused-ring (bicyclic) bond motifs is 1. The number of aliphatic hydroxyl groups excluding tert-OH is 1. The number of aromatic nitrogens is 2. The fraction of sp³-hybridized carbons (Fsp3) is 0.367. The number of amides is 1. The SMILES string of the molecule is CN(C)C1CCCN(C(=O)c2cc(-c3ccc(C#N)c(F)c3)c(-c3ccc4nn(C(C)(C)CO)cc4c3)s2)C1. The van der Waals surface area contributed by atoms with E-state index in [1.165, 1.54) is 23.5 Å². The Labute approximate surface area is 231 Å². The Bertz CT molecular complexity index is 1580. The third-order valence-electron chi connectivity index (χ3n) is 7.53. The predicted octanol–water partition coefficient (Wildman–Crippen LogP) is 5.34. The van der Waals surface area contributed by atoms with Crippen LogP contribution in [0, 0.1) is 17.1 Å². The molecule has 39 heavy (non-hydrogen) atoms. The standard InChI is InChI=1S/C30H32FN5O2S/c1-30(2,18-37)36-16-22-12-20(9-10-26(22)33-36)28-24(19-7-8-21(15-32)25(31)13-19)14-27(39-28)29(38)35-11-5-6-23(17-35)34(3)4/h7-10,12-14,16,23,37H,5-6,11,17-18H2,1-4H3. The second kappa shape index (κ2) is 10.5. The molecule has 1 aliphatic heterocycles. The lowest BCUT2D eigenvalue weighted by Gasteiger charge is -2.35. The minimum Gasteiger partial charge on any atom is -0.394 e. The molecule has 202 valence electrons. The summed E-state index contributed by atoms with van der Waals surface area (Å²) >= 11 is 1.40. The van der Waals surface area contributed by atoms with Gasteiger partial charge in [0, 0.05) is 41.2 Å². The molecule has 0 spiro atoms. The van der Waals surface area contributed by atoms with Crippen LogP contribution in [0.3, 0.4) is 0 Å². The molecule has 4 aromatic rings. The normalized spacial score (nSPS) is 16.2. The van der Waals surface area contributed by atoms with Crippen LogP contribution in [-0.2, 0) is 5.54 Å². The van der Waals surface area contributed by atoms with Gasteiger partial charge < -0.3 is 14.9 Å². The van der Waals surface area contributed by atoms with Crippen molar-refractivity contribution in [3.8, 4) is 27.6 Å². The van der Waals surface area contributed by atoms with E-state index in [1.54, 1.807) is 10.7 Å². The lowest BCUT2D eigenvalue weighted by Crippen LogP contribution is -2.47. The zero-order valence-corrected chi connectivity index (χ0v) is 23.4. The van der Waals surface area contributed by atoms with E-state index in [1.807, 2.05) is 69.4 Å². The summed E-state index contributed by atoms with van der Waals surface area (Å²) in [5.74, 6) is -0.611. The quantitative estimate of drug-likeness (QED) is 0.354. The summed E-state index contributed by atoms with van der Waals surface area (Å²) in [6, 6.07) is 14.5. The average Bonchev–Trinajstić information content (AvgIpc) is 3.57. The average molecular weight is 546 g/mol. The minimum absolute atomic E-state index is 0.0183. The Morgan fingerprint density at radius 1 is 1.23 bits per heavy atom. The van der Waals surface area contributed by atoms with Crippen molar-refractivity contribution < 1.29 is 14.3 Å². The predicted molar refractivity (Wildman–Crippen MR) is 152 cm³/mol. The molecule has 1 fully saturated rings. The highest BCUT2D eigenvalue weighted by molar-refractivity contribution is 7.18. The first kappa shape index (κ1) is 27.0. The number of hydrogen-bond acceptors (Lipinski definition) is 6. The van der Waals surface area contributed by atoms with E-state index in [-0.39, 0.29) is 18.1 Å². The highest BCUT2D eigenvalue weighted by Crippen LogP contribution is 2.41. The Hall–Kier alpha value is -3.58. The smallest absolute Gasteiger partial charge is 0.264 e. The molecule has 7 nitrogen and oxygen atoms in total. The van der Waals surface area contributed by atoms with Crippen LogP contribution in [0.4, 0.5) is 4.39 Å². The number of nitrogens with zero attached hydrogens (tertiary/aromatic N) is 5. The Morgan fingerprint density at radius 3 is 2.69 bits per heavy atom. The van der Waals surface area contributed by atoms with Gasteiger partial charge in [-0.2, -0.15) is 10.4 Å². The number of halogens is 1. The molecule has 9 heteroatoms. The van der Waals surface area contributed by atoms with E-state index in [9.17, 15) is 19.6 Å². The summed E-state index contributed by atoms with van der Waals surface area (Å²) in [4.78, 5) is 19.2. The first-order valence-corrected chi connectivity index (χ1v) is 13.8. The van der Waals surface area contributed by atoms with Gasteiger partial charge in [0.2, 0.25) is 0 Å². The van der Waals surface area contributed by atoms with Crippen molar-refractivity contribution in [2.24, 2.45) is 0 Å². The molecule has 0 radical (unpaired) electrons. The van der Waals surface area contributed by atoms with Crippen molar-refractivity contribution in [2.75, 3.05) is 33.8 Å². The number of benzene rings is 2. The molecule has 2 aromatic carbocycles. The summed E-state index contributed by atoms with van der Waals surface area (Å²) in [6.07, 6.45) is 3.92. The molecule has 1 atom stereocenters. The molecule has 1 aliphatic rings. The van der Waals surface area contributed by atoms with Crippen molar-refractivity contribution in [2.45, 2.75) is 38.3 Å². The number of rotatable bonds is 6. The molecule has 3 heterocycles. The molecule has 0 bridgehead atoms. The van der Waals surface area contributed by atoms with Crippen LogP contribution >= 0.6 is 11.3 Å². The van der Waals surface area contributed by atoms with Gasteiger partial charge in [-0.05, 0) is 82.2 Å². The van der Waals surface area contributed by atoms with Gasteiger partial charge in [0.25, 0.3) is 5.91 Å². The van der Waals surface area contributed by atoms with Gasteiger partial charge in [0.15, 0.2) is 0 Å².